The van der Waals surface area contributed by atoms with E-state index in [9.17, 15) is 23.1 Å². The van der Waals surface area contributed by atoms with Crippen molar-refractivity contribution < 1.29 is 23.1 Å². The van der Waals surface area contributed by atoms with Gasteiger partial charge in [-0.25, -0.2) is 13.2 Å². The van der Waals surface area contributed by atoms with E-state index < -0.39 is 33.0 Å². The van der Waals surface area contributed by atoms with E-state index in [2.05, 4.69) is 0 Å². The Balaban J connectivity index is 2.37. The minimum Gasteiger partial charge on any atom is -0.480 e. The van der Waals surface area contributed by atoms with E-state index in [1.807, 2.05) is 0 Å². The first-order valence-electron chi connectivity index (χ1n) is 7.18. The highest BCUT2D eigenvalue weighted by Crippen LogP contribution is 2.32. The first-order valence-corrected chi connectivity index (χ1v) is 9.10. The Kier molecular flexibility index (Phi) is 5.01. The maximum atomic E-state index is 12.7. The largest absolute Gasteiger partial charge is 0.480 e. The zero-order valence-corrected chi connectivity index (χ0v) is 14.3. The molecule has 8 heteroatoms. The van der Waals surface area contributed by atoms with Gasteiger partial charge in [-0.3, -0.25) is 4.79 Å². The van der Waals surface area contributed by atoms with Gasteiger partial charge in [0.15, 0.2) is 9.84 Å². The lowest BCUT2D eigenvalue weighted by Gasteiger charge is -2.23. The Morgan fingerprint density at radius 2 is 1.91 bits per heavy atom. The Labute approximate surface area is 140 Å². The number of hydrogen-bond acceptors (Lipinski definition) is 4. The van der Waals surface area contributed by atoms with Crippen molar-refractivity contribution >= 4 is 33.3 Å². The van der Waals surface area contributed by atoms with Crippen molar-refractivity contribution in [1.82, 2.24) is 4.90 Å². The van der Waals surface area contributed by atoms with Crippen LogP contribution in [0.4, 0.5) is 0 Å². The maximum Gasteiger partial charge on any atom is 0.326 e. The molecule has 23 heavy (non-hydrogen) atoms. The smallest absolute Gasteiger partial charge is 0.326 e. The average Bonchev–Trinajstić information content (AvgIpc) is 2.92. The molecule has 2 rings (SSSR count). The minimum absolute atomic E-state index is 0.0327. The predicted octanol–water partition coefficient (Wildman–Crippen LogP) is 1.82. The summed E-state index contributed by atoms with van der Waals surface area (Å²) >= 11 is 5.96. The molecule has 1 aromatic carbocycles. The van der Waals surface area contributed by atoms with Crippen molar-refractivity contribution in [2.45, 2.75) is 36.5 Å². The molecule has 2 atom stereocenters. The summed E-state index contributed by atoms with van der Waals surface area (Å²) in [5.74, 6) is -1.97. The van der Waals surface area contributed by atoms with Crippen LogP contribution in [0.15, 0.2) is 29.2 Å². The van der Waals surface area contributed by atoms with E-state index in [4.69, 9.17) is 11.6 Å². The van der Waals surface area contributed by atoms with E-state index in [0.717, 1.165) is 4.90 Å². The molecule has 126 valence electrons. The van der Waals surface area contributed by atoms with Crippen LogP contribution in [0.25, 0.3) is 0 Å². The normalized spacial score (nSPS) is 21.7. The summed E-state index contributed by atoms with van der Waals surface area (Å²) in [5.41, 5.74) is 0. The topological polar surface area (TPSA) is 91.8 Å². The fraction of sp³-hybridized carbons (Fsp3) is 0.467. The first-order chi connectivity index (χ1) is 10.7. The molecule has 1 fully saturated rings. The molecule has 0 aliphatic carbocycles. The number of hydrogen-bond donors (Lipinski definition) is 1. The zero-order valence-electron chi connectivity index (χ0n) is 12.8. The summed E-state index contributed by atoms with van der Waals surface area (Å²) in [7, 11) is -3.82. The van der Waals surface area contributed by atoms with Crippen LogP contribution in [-0.4, -0.2) is 48.1 Å². The fourth-order valence-electron chi connectivity index (χ4n) is 2.69. The molecule has 0 radical (unpaired) electrons. The number of rotatable bonds is 4. The van der Waals surface area contributed by atoms with Gasteiger partial charge in [-0.1, -0.05) is 37.6 Å². The number of likely N-dealkylation sites (tertiary alicyclic amines) is 1. The first kappa shape index (κ1) is 17.7. The lowest BCUT2D eigenvalue weighted by Crippen LogP contribution is -2.42. The average molecular weight is 360 g/mol. The second kappa shape index (κ2) is 6.49. The van der Waals surface area contributed by atoms with Gasteiger partial charge in [-0.05, 0) is 18.6 Å². The van der Waals surface area contributed by atoms with Crippen molar-refractivity contribution in [1.29, 1.82) is 0 Å². The van der Waals surface area contributed by atoms with Crippen molar-refractivity contribution in [3.63, 3.8) is 0 Å². The molecule has 1 heterocycles. The summed E-state index contributed by atoms with van der Waals surface area (Å²) in [6.45, 7) is 3.16. The summed E-state index contributed by atoms with van der Waals surface area (Å²) in [5, 5.41) is 8.42. The predicted molar refractivity (Wildman–Crippen MR) is 85.0 cm³/mol. The van der Waals surface area contributed by atoms with E-state index >= 15 is 0 Å². The quantitative estimate of drug-likeness (QED) is 0.885. The number of carbonyl (C=O) groups excluding carboxylic acids is 1. The molecule has 1 aliphatic rings. The summed E-state index contributed by atoms with van der Waals surface area (Å²) in [6.07, 6.45) is -0.138. The van der Waals surface area contributed by atoms with Gasteiger partial charge >= 0.3 is 5.97 Å². The Bertz CT molecular complexity index is 731. The molecule has 0 aromatic heterocycles. The highest BCUT2D eigenvalue weighted by atomic mass is 35.5. The highest BCUT2D eigenvalue weighted by Gasteiger charge is 2.46. The molecule has 1 amide bonds. The second-order valence-electron chi connectivity index (χ2n) is 5.83. The summed E-state index contributed by atoms with van der Waals surface area (Å²) in [4.78, 5) is 24.7. The lowest BCUT2D eigenvalue weighted by atomic mass is 10.1. The van der Waals surface area contributed by atoms with Crippen LogP contribution in [0.3, 0.4) is 0 Å². The van der Waals surface area contributed by atoms with Crippen LogP contribution >= 0.6 is 11.6 Å². The summed E-state index contributed by atoms with van der Waals surface area (Å²) < 4.78 is 25.5. The van der Waals surface area contributed by atoms with Crippen LogP contribution in [-0.2, 0) is 19.4 Å². The van der Waals surface area contributed by atoms with Gasteiger partial charge in [0.2, 0.25) is 5.91 Å². The number of amides is 1. The number of aliphatic carboxylic acids is 1. The number of benzene rings is 1. The van der Waals surface area contributed by atoms with Crippen molar-refractivity contribution in [3.8, 4) is 0 Å². The van der Waals surface area contributed by atoms with Gasteiger partial charge < -0.3 is 10.0 Å². The molecule has 0 saturated carbocycles. The molecule has 1 aliphatic heterocycles. The molecular formula is C15H18ClNO5S. The number of nitrogens with zero attached hydrogens (tertiary/aromatic N) is 1. The SMILES string of the molecule is CC(C)C(=O)N1C[C@H](S(=O)(=O)c2ccccc2Cl)C[C@H]1C(=O)O. The van der Waals surface area contributed by atoms with E-state index in [-0.39, 0.29) is 28.8 Å². The lowest BCUT2D eigenvalue weighted by molar-refractivity contribution is -0.149. The number of sulfone groups is 1. The molecule has 0 unspecified atom stereocenters. The van der Waals surface area contributed by atoms with Crippen molar-refractivity contribution in [2.24, 2.45) is 5.92 Å². The molecular weight excluding hydrogens is 342 g/mol. The molecule has 1 saturated heterocycles. The van der Waals surface area contributed by atoms with Crippen molar-refractivity contribution in [2.75, 3.05) is 6.54 Å². The zero-order chi connectivity index (χ0) is 17.4. The standard InChI is InChI=1S/C15H18ClNO5S/c1-9(2)14(18)17-8-10(7-12(17)15(19)20)23(21,22)13-6-4-3-5-11(13)16/h3-6,9-10,12H,7-8H2,1-2H3,(H,19,20)/t10-,12+/m1/s1. The second-order valence-corrected chi connectivity index (χ2v) is 8.44. The monoisotopic (exact) mass is 359 g/mol. The van der Waals surface area contributed by atoms with Gasteiger partial charge in [0, 0.05) is 12.5 Å². The molecule has 0 bridgehead atoms. The fourth-order valence-corrected chi connectivity index (χ4v) is 4.90. The molecule has 1 N–H and O–H groups in total. The van der Waals surface area contributed by atoms with Crippen LogP contribution in [0.5, 0.6) is 0 Å². The third-order valence-corrected chi connectivity index (χ3v) is 6.54. The van der Waals surface area contributed by atoms with E-state index in [0.29, 0.717) is 0 Å². The minimum atomic E-state index is -3.82. The number of carbonyl (C=O) groups is 2. The Morgan fingerprint density at radius 1 is 1.30 bits per heavy atom. The Hall–Kier alpha value is -1.60. The van der Waals surface area contributed by atoms with E-state index in [1.54, 1.807) is 26.0 Å². The number of carboxylic acids is 1. The maximum absolute atomic E-state index is 12.7. The molecule has 6 nitrogen and oxygen atoms in total. The summed E-state index contributed by atoms with van der Waals surface area (Å²) in [6, 6.07) is 4.90. The van der Waals surface area contributed by atoms with Gasteiger partial charge in [-0.15, -0.1) is 0 Å². The van der Waals surface area contributed by atoms with Crippen LogP contribution in [0.2, 0.25) is 5.02 Å². The van der Waals surface area contributed by atoms with Crippen LogP contribution < -0.4 is 0 Å². The van der Waals surface area contributed by atoms with E-state index in [1.165, 1.54) is 12.1 Å². The number of carboxylic acid groups (broad SMARTS) is 1. The van der Waals surface area contributed by atoms with Crippen LogP contribution in [0.1, 0.15) is 20.3 Å². The van der Waals surface area contributed by atoms with Crippen molar-refractivity contribution in [3.05, 3.63) is 29.3 Å². The Morgan fingerprint density at radius 3 is 2.43 bits per heavy atom. The van der Waals surface area contributed by atoms with Gasteiger partial charge in [0.25, 0.3) is 0 Å². The third-order valence-electron chi connectivity index (χ3n) is 3.91. The van der Waals surface area contributed by atoms with Crippen LogP contribution in [0, 0.1) is 5.92 Å². The molecule has 1 aromatic rings. The number of halogens is 1. The van der Waals surface area contributed by atoms with Gasteiger partial charge in [0.1, 0.15) is 6.04 Å². The van der Waals surface area contributed by atoms with Gasteiger partial charge in [-0.2, -0.15) is 0 Å². The molecule has 0 spiro atoms. The highest BCUT2D eigenvalue weighted by molar-refractivity contribution is 7.92. The van der Waals surface area contributed by atoms with Gasteiger partial charge in [0.05, 0.1) is 15.2 Å². The third kappa shape index (κ3) is 3.35.